The highest BCUT2D eigenvalue weighted by Crippen LogP contribution is 2.40. The summed E-state index contributed by atoms with van der Waals surface area (Å²) in [5, 5.41) is 6.89. The van der Waals surface area contributed by atoms with E-state index in [9.17, 15) is 0 Å². The summed E-state index contributed by atoms with van der Waals surface area (Å²) in [6, 6.07) is 12.2. The number of aromatic nitrogens is 1. The van der Waals surface area contributed by atoms with Gasteiger partial charge in [-0.25, -0.2) is 4.99 Å². The van der Waals surface area contributed by atoms with Gasteiger partial charge in [-0.1, -0.05) is 12.1 Å². The lowest BCUT2D eigenvalue weighted by Gasteiger charge is -2.38. The zero-order chi connectivity index (χ0) is 19.9. The molecule has 1 fully saturated rings. The molecule has 7 heteroatoms. The van der Waals surface area contributed by atoms with Crippen LogP contribution in [0.3, 0.4) is 0 Å². The Labute approximate surface area is 171 Å². The van der Waals surface area contributed by atoms with E-state index in [4.69, 9.17) is 19.2 Å². The largest absolute Gasteiger partial charge is 0.454 e. The molecular formula is C22H28N4O3. The van der Waals surface area contributed by atoms with Gasteiger partial charge in [-0.2, -0.15) is 0 Å². The Morgan fingerprint density at radius 2 is 1.97 bits per heavy atom. The molecule has 0 spiro atoms. The summed E-state index contributed by atoms with van der Waals surface area (Å²) in [5.41, 5.74) is 2.15. The lowest BCUT2D eigenvalue weighted by atomic mass is 9.74. The van der Waals surface area contributed by atoms with E-state index >= 15 is 0 Å². The third-order valence-electron chi connectivity index (χ3n) is 5.50. The summed E-state index contributed by atoms with van der Waals surface area (Å²) in [4.78, 5) is 9.06. The quantitative estimate of drug-likeness (QED) is 0.577. The smallest absolute Gasteiger partial charge is 0.231 e. The average molecular weight is 396 g/mol. The van der Waals surface area contributed by atoms with Crippen LogP contribution in [0, 0.1) is 0 Å². The van der Waals surface area contributed by atoms with E-state index in [0.717, 1.165) is 62.3 Å². The van der Waals surface area contributed by atoms with Crippen molar-refractivity contribution in [1.29, 1.82) is 0 Å². The van der Waals surface area contributed by atoms with Gasteiger partial charge in [-0.15, -0.1) is 0 Å². The molecule has 0 amide bonds. The molecule has 0 saturated carbocycles. The third kappa shape index (κ3) is 4.62. The maximum Gasteiger partial charge on any atom is 0.231 e. The molecule has 1 saturated heterocycles. The van der Waals surface area contributed by atoms with Crippen molar-refractivity contribution in [2.75, 3.05) is 33.1 Å². The van der Waals surface area contributed by atoms with Gasteiger partial charge >= 0.3 is 0 Å². The Hall–Kier alpha value is -2.80. The van der Waals surface area contributed by atoms with E-state index in [1.54, 1.807) is 6.20 Å². The first-order valence-electron chi connectivity index (χ1n) is 10.2. The molecule has 1 aromatic carbocycles. The van der Waals surface area contributed by atoms with Crippen LogP contribution in [0.4, 0.5) is 0 Å². The van der Waals surface area contributed by atoms with Crippen LogP contribution in [0.2, 0.25) is 0 Å². The van der Waals surface area contributed by atoms with Crippen LogP contribution in [-0.4, -0.2) is 44.0 Å². The van der Waals surface area contributed by atoms with Gasteiger partial charge in [0, 0.05) is 37.9 Å². The first kappa shape index (κ1) is 19.5. The third-order valence-corrected chi connectivity index (χ3v) is 5.50. The Bertz CT molecular complexity index is 835. The van der Waals surface area contributed by atoms with Crippen molar-refractivity contribution in [3.05, 3.63) is 53.9 Å². The minimum absolute atomic E-state index is 0.0413. The van der Waals surface area contributed by atoms with Crippen molar-refractivity contribution in [3.8, 4) is 11.5 Å². The van der Waals surface area contributed by atoms with Crippen molar-refractivity contribution >= 4 is 5.96 Å². The highest BCUT2D eigenvalue weighted by atomic mass is 16.7. The second-order valence-electron chi connectivity index (χ2n) is 7.33. The van der Waals surface area contributed by atoms with Crippen LogP contribution in [0.1, 0.15) is 31.0 Å². The van der Waals surface area contributed by atoms with Gasteiger partial charge in [0.2, 0.25) is 6.79 Å². The molecule has 2 aliphatic rings. The molecule has 0 radical (unpaired) electrons. The van der Waals surface area contributed by atoms with E-state index in [0.29, 0.717) is 6.54 Å². The van der Waals surface area contributed by atoms with Crippen LogP contribution in [0.15, 0.2) is 47.6 Å². The summed E-state index contributed by atoms with van der Waals surface area (Å²) in [6.45, 7) is 5.96. The van der Waals surface area contributed by atoms with Gasteiger partial charge < -0.3 is 24.8 Å². The molecule has 0 aliphatic carbocycles. The number of benzene rings is 1. The van der Waals surface area contributed by atoms with Crippen LogP contribution in [0.5, 0.6) is 11.5 Å². The first-order chi connectivity index (χ1) is 14.3. The fourth-order valence-corrected chi connectivity index (χ4v) is 3.80. The van der Waals surface area contributed by atoms with Crippen LogP contribution < -0.4 is 20.1 Å². The zero-order valence-corrected chi connectivity index (χ0v) is 16.8. The highest BCUT2D eigenvalue weighted by Gasteiger charge is 2.35. The van der Waals surface area contributed by atoms with Crippen LogP contribution >= 0.6 is 0 Å². The molecule has 2 N–H and O–H groups in total. The van der Waals surface area contributed by atoms with Gasteiger partial charge in [0.05, 0.1) is 12.2 Å². The standard InChI is InChI=1S/C22H28N4O3/c1-2-23-21(25-14-18-5-3-4-10-24-18)26-15-22(8-11-27-12-9-22)17-6-7-19-20(13-17)29-16-28-19/h3-7,10,13H,2,8-9,11-12,14-16H2,1H3,(H2,23,25,26). The molecule has 29 heavy (non-hydrogen) atoms. The predicted molar refractivity (Wildman–Crippen MR) is 111 cm³/mol. The SMILES string of the molecule is CCNC(=NCc1ccccn1)NCC1(c2ccc3c(c2)OCO3)CCOCC1. The summed E-state index contributed by atoms with van der Waals surface area (Å²) >= 11 is 0. The number of pyridine rings is 1. The number of rotatable bonds is 6. The number of ether oxygens (including phenoxy) is 3. The van der Waals surface area contributed by atoms with Gasteiger partial charge in [-0.3, -0.25) is 4.98 Å². The molecular weight excluding hydrogens is 368 g/mol. The lowest BCUT2D eigenvalue weighted by Crippen LogP contribution is -2.48. The van der Waals surface area contributed by atoms with E-state index in [1.807, 2.05) is 24.3 Å². The summed E-state index contributed by atoms with van der Waals surface area (Å²) in [5.74, 6) is 2.43. The van der Waals surface area contributed by atoms with Crippen LogP contribution in [0.25, 0.3) is 0 Å². The fraction of sp³-hybridized carbons (Fsp3) is 0.455. The average Bonchev–Trinajstić information content (AvgIpc) is 3.25. The minimum atomic E-state index is -0.0413. The highest BCUT2D eigenvalue weighted by molar-refractivity contribution is 5.79. The molecule has 0 atom stereocenters. The zero-order valence-electron chi connectivity index (χ0n) is 16.8. The van der Waals surface area contributed by atoms with Crippen molar-refractivity contribution < 1.29 is 14.2 Å². The van der Waals surface area contributed by atoms with Crippen molar-refractivity contribution in [2.24, 2.45) is 4.99 Å². The molecule has 0 unspecified atom stereocenters. The maximum absolute atomic E-state index is 5.66. The summed E-state index contributed by atoms with van der Waals surface area (Å²) < 4.78 is 16.8. The molecule has 154 valence electrons. The van der Waals surface area contributed by atoms with Gasteiger partial charge in [0.15, 0.2) is 17.5 Å². The Morgan fingerprint density at radius 3 is 2.76 bits per heavy atom. The maximum atomic E-state index is 5.66. The topological polar surface area (TPSA) is 77.0 Å². The fourth-order valence-electron chi connectivity index (χ4n) is 3.80. The van der Waals surface area contributed by atoms with Crippen molar-refractivity contribution in [3.63, 3.8) is 0 Å². The predicted octanol–water partition coefficient (Wildman–Crippen LogP) is 2.61. The Balaban J connectivity index is 1.51. The number of fused-ring (bicyclic) bond motifs is 1. The Morgan fingerprint density at radius 1 is 1.10 bits per heavy atom. The lowest BCUT2D eigenvalue weighted by molar-refractivity contribution is 0.0513. The molecule has 2 aliphatic heterocycles. The summed E-state index contributed by atoms with van der Waals surface area (Å²) in [7, 11) is 0. The summed E-state index contributed by atoms with van der Waals surface area (Å²) in [6.07, 6.45) is 3.68. The van der Waals surface area contributed by atoms with E-state index in [1.165, 1.54) is 5.56 Å². The molecule has 2 aromatic rings. The molecule has 7 nitrogen and oxygen atoms in total. The molecule has 0 bridgehead atoms. The van der Waals surface area contributed by atoms with E-state index < -0.39 is 0 Å². The molecule has 4 rings (SSSR count). The minimum Gasteiger partial charge on any atom is -0.454 e. The van der Waals surface area contributed by atoms with Gasteiger partial charge in [0.1, 0.15) is 0 Å². The monoisotopic (exact) mass is 396 g/mol. The van der Waals surface area contributed by atoms with Gasteiger partial charge in [-0.05, 0) is 49.6 Å². The molecule has 1 aromatic heterocycles. The number of nitrogens with one attached hydrogen (secondary N) is 2. The van der Waals surface area contributed by atoms with Crippen molar-refractivity contribution in [1.82, 2.24) is 15.6 Å². The number of aliphatic imine (C=N–C) groups is 1. The van der Waals surface area contributed by atoms with Crippen LogP contribution in [-0.2, 0) is 16.7 Å². The van der Waals surface area contributed by atoms with E-state index in [2.05, 4.69) is 34.7 Å². The number of nitrogens with zero attached hydrogens (tertiary/aromatic N) is 2. The Kier molecular flexibility index (Phi) is 6.14. The second-order valence-corrected chi connectivity index (χ2v) is 7.33. The van der Waals surface area contributed by atoms with E-state index in [-0.39, 0.29) is 12.2 Å². The normalized spacial score (nSPS) is 17.8. The van der Waals surface area contributed by atoms with Crippen molar-refractivity contribution in [2.45, 2.75) is 31.7 Å². The number of hydrogen-bond acceptors (Lipinski definition) is 5. The number of guanidine groups is 1. The van der Waals surface area contributed by atoms with Gasteiger partial charge in [0.25, 0.3) is 0 Å². The second kappa shape index (κ2) is 9.13. The first-order valence-corrected chi connectivity index (χ1v) is 10.2. The molecule has 3 heterocycles. The number of hydrogen-bond donors (Lipinski definition) is 2.